The summed E-state index contributed by atoms with van der Waals surface area (Å²) in [5.74, 6) is 0. The lowest BCUT2D eigenvalue weighted by Gasteiger charge is -2.23. The summed E-state index contributed by atoms with van der Waals surface area (Å²) in [4.78, 5) is 3.85. The van der Waals surface area contributed by atoms with Crippen molar-refractivity contribution in [2.75, 3.05) is 20.1 Å². The molecule has 1 heterocycles. The molecule has 0 aliphatic heterocycles. The summed E-state index contributed by atoms with van der Waals surface area (Å²) in [6.07, 6.45) is 2.24. The van der Waals surface area contributed by atoms with E-state index in [9.17, 15) is 0 Å². The molecule has 14 heavy (non-hydrogen) atoms. The van der Waals surface area contributed by atoms with Crippen molar-refractivity contribution in [1.82, 2.24) is 4.90 Å². The zero-order chi connectivity index (χ0) is 10.4. The molecule has 1 rings (SSSR count). The van der Waals surface area contributed by atoms with Gasteiger partial charge in [-0.2, -0.15) is 0 Å². The standard InChI is InChI=1S/C11H20N2S/c1-10(5-7-12)13(2)8-6-11-4-3-9-14-11/h3-4,9-10H,5-8,12H2,1-2H3. The Hall–Kier alpha value is -0.380. The maximum atomic E-state index is 5.53. The van der Waals surface area contributed by atoms with Gasteiger partial charge in [-0.05, 0) is 44.8 Å². The van der Waals surface area contributed by atoms with E-state index in [0.29, 0.717) is 6.04 Å². The fourth-order valence-electron chi connectivity index (χ4n) is 1.42. The molecule has 2 nitrogen and oxygen atoms in total. The van der Waals surface area contributed by atoms with E-state index in [-0.39, 0.29) is 0 Å². The summed E-state index contributed by atoms with van der Waals surface area (Å²) in [7, 11) is 2.17. The van der Waals surface area contributed by atoms with E-state index in [1.165, 1.54) is 4.88 Å². The number of rotatable bonds is 6. The Balaban J connectivity index is 2.24. The van der Waals surface area contributed by atoms with Crippen LogP contribution in [0.25, 0.3) is 0 Å². The molecule has 0 bridgehead atoms. The average molecular weight is 212 g/mol. The molecule has 1 unspecified atom stereocenters. The van der Waals surface area contributed by atoms with Crippen LogP contribution in [0.3, 0.4) is 0 Å². The molecule has 0 saturated carbocycles. The second kappa shape index (κ2) is 6.17. The molecule has 3 heteroatoms. The molecule has 80 valence electrons. The zero-order valence-electron chi connectivity index (χ0n) is 9.07. The molecule has 0 fully saturated rings. The predicted molar refractivity (Wildman–Crippen MR) is 63.8 cm³/mol. The Morgan fingerprint density at radius 2 is 2.36 bits per heavy atom. The second-order valence-corrected chi connectivity index (χ2v) is 4.77. The molecular weight excluding hydrogens is 192 g/mol. The van der Waals surface area contributed by atoms with Gasteiger partial charge in [-0.1, -0.05) is 6.07 Å². The molecule has 1 atom stereocenters. The molecule has 0 radical (unpaired) electrons. The molecule has 0 aromatic carbocycles. The lowest BCUT2D eigenvalue weighted by molar-refractivity contribution is 0.252. The molecule has 0 amide bonds. The van der Waals surface area contributed by atoms with Crippen molar-refractivity contribution in [3.8, 4) is 0 Å². The smallest absolute Gasteiger partial charge is 0.00760 e. The highest BCUT2D eigenvalue weighted by Gasteiger charge is 2.07. The van der Waals surface area contributed by atoms with Gasteiger partial charge >= 0.3 is 0 Å². The topological polar surface area (TPSA) is 29.3 Å². The number of hydrogen-bond acceptors (Lipinski definition) is 3. The number of nitrogens with zero attached hydrogens (tertiary/aromatic N) is 1. The monoisotopic (exact) mass is 212 g/mol. The zero-order valence-corrected chi connectivity index (χ0v) is 9.89. The van der Waals surface area contributed by atoms with Crippen molar-refractivity contribution in [3.05, 3.63) is 22.4 Å². The summed E-state index contributed by atoms with van der Waals surface area (Å²) in [6, 6.07) is 4.91. The second-order valence-electron chi connectivity index (χ2n) is 3.74. The first kappa shape index (κ1) is 11.7. The first-order valence-electron chi connectivity index (χ1n) is 5.16. The van der Waals surface area contributed by atoms with Crippen LogP contribution in [-0.4, -0.2) is 31.1 Å². The van der Waals surface area contributed by atoms with Crippen LogP contribution >= 0.6 is 11.3 Å². The number of likely N-dealkylation sites (N-methyl/N-ethyl adjacent to an activating group) is 1. The third-order valence-corrected chi connectivity index (χ3v) is 3.56. The fourth-order valence-corrected chi connectivity index (χ4v) is 2.12. The highest BCUT2D eigenvalue weighted by Crippen LogP contribution is 2.10. The van der Waals surface area contributed by atoms with Gasteiger partial charge in [0.05, 0.1) is 0 Å². The summed E-state index contributed by atoms with van der Waals surface area (Å²) in [5.41, 5.74) is 5.53. The number of thiophene rings is 1. The fraction of sp³-hybridized carbons (Fsp3) is 0.636. The van der Waals surface area contributed by atoms with Gasteiger partial charge in [-0.25, -0.2) is 0 Å². The van der Waals surface area contributed by atoms with E-state index >= 15 is 0 Å². The van der Waals surface area contributed by atoms with Gasteiger partial charge in [-0.15, -0.1) is 11.3 Å². The van der Waals surface area contributed by atoms with Gasteiger partial charge in [0.2, 0.25) is 0 Å². The van der Waals surface area contributed by atoms with Crippen LogP contribution in [0, 0.1) is 0 Å². The molecule has 1 aromatic rings. The van der Waals surface area contributed by atoms with Crippen LogP contribution in [0.15, 0.2) is 17.5 Å². The molecule has 0 spiro atoms. The van der Waals surface area contributed by atoms with Crippen LogP contribution < -0.4 is 5.73 Å². The maximum Gasteiger partial charge on any atom is 0.00760 e. The lowest BCUT2D eigenvalue weighted by Crippen LogP contribution is -2.32. The van der Waals surface area contributed by atoms with Gasteiger partial charge in [0.25, 0.3) is 0 Å². The lowest BCUT2D eigenvalue weighted by atomic mass is 10.2. The van der Waals surface area contributed by atoms with Crippen LogP contribution in [0.1, 0.15) is 18.2 Å². The maximum absolute atomic E-state index is 5.53. The first-order valence-corrected chi connectivity index (χ1v) is 6.04. The van der Waals surface area contributed by atoms with E-state index < -0.39 is 0 Å². The highest BCUT2D eigenvalue weighted by atomic mass is 32.1. The quantitative estimate of drug-likeness (QED) is 0.781. The Morgan fingerprint density at radius 1 is 1.57 bits per heavy atom. The molecule has 0 aliphatic rings. The minimum absolute atomic E-state index is 0.597. The van der Waals surface area contributed by atoms with Crippen molar-refractivity contribution in [3.63, 3.8) is 0 Å². The third-order valence-electron chi connectivity index (χ3n) is 2.63. The van der Waals surface area contributed by atoms with Crippen molar-refractivity contribution in [2.45, 2.75) is 25.8 Å². The van der Waals surface area contributed by atoms with Gasteiger partial charge in [0.1, 0.15) is 0 Å². The summed E-state index contributed by atoms with van der Waals surface area (Å²) in [5, 5.41) is 2.14. The normalized spacial score (nSPS) is 13.4. The number of nitrogens with two attached hydrogens (primary N) is 1. The third kappa shape index (κ3) is 3.78. The minimum Gasteiger partial charge on any atom is -0.330 e. The van der Waals surface area contributed by atoms with Crippen molar-refractivity contribution in [2.24, 2.45) is 5.73 Å². The molecule has 1 aromatic heterocycles. The summed E-state index contributed by atoms with van der Waals surface area (Å²) in [6.45, 7) is 4.15. The van der Waals surface area contributed by atoms with Crippen LogP contribution in [0.5, 0.6) is 0 Å². The molecular formula is C11H20N2S. The SMILES string of the molecule is CC(CCN)N(C)CCc1cccs1. The largest absolute Gasteiger partial charge is 0.330 e. The van der Waals surface area contributed by atoms with Crippen LogP contribution in [0.2, 0.25) is 0 Å². The Bertz CT molecular complexity index is 233. The summed E-state index contributed by atoms with van der Waals surface area (Å²) < 4.78 is 0. The highest BCUT2D eigenvalue weighted by molar-refractivity contribution is 7.09. The van der Waals surface area contributed by atoms with Gasteiger partial charge in [0.15, 0.2) is 0 Å². The van der Waals surface area contributed by atoms with E-state index in [2.05, 4.69) is 36.4 Å². The first-order chi connectivity index (χ1) is 6.74. The number of hydrogen-bond donors (Lipinski definition) is 1. The van der Waals surface area contributed by atoms with Crippen LogP contribution in [-0.2, 0) is 6.42 Å². The molecule has 2 N–H and O–H groups in total. The van der Waals surface area contributed by atoms with E-state index in [1.54, 1.807) is 0 Å². The van der Waals surface area contributed by atoms with Gasteiger partial charge in [-0.3, -0.25) is 0 Å². The van der Waals surface area contributed by atoms with E-state index in [1.807, 2.05) is 11.3 Å². The van der Waals surface area contributed by atoms with E-state index in [0.717, 1.165) is 25.9 Å². The van der Waals surface area contributed by atoms with E-state index in [4.69, 9.17) is 5.73 Å². The minimum atomic E-state index is 0.597. The van der Waals surface area contributed by atoms with Crippen molar-refractivity contribution in [1.29, 1.82) is 0 Å². The Kier molecular flexibility index (Phi) is 5.15. The van der Waals surface area contributed by atoms with Crippen molar-refractivity contribution >= 4 is 11.3 Å². The summed E-state index contributed by atoms with van der Waals surface area (Å²) >= 11 is 1.84. The Morgan fingerprint density at radius 3 is 2.93 bits per heavy atom. The molecule has 0 aliphatic carbocycles. The van der Waals surface area contributed by atoms with Gasteiger partial charge < -0.3 is 10.6 Å². The Labute approximate surface area is 90.7 Å². The van der Waals surface area contributed by atoms with Crippen molar-refractivity contribution < 1.29 is 0 Å². The molecule has 0 saturated heterocycles. The predicted octanol–water partition coefficient (Wildman–Crippen LogP) is 1.96. The van der Waals surface area contributed by atoms with Crippen LogP contribution in [0.4, 0.5) is 0 Å². The van der Waals surface area contributed by atoms with Gasteiger partial charge in [0, 0.05) is 17.5 Å². The average Bonchev–Trinajstić information content (AvgIpc) is 2.67.